The molecule has 0 radical (unpaired) electrons. The second kappa shape index (κ2) is 5.42. The van der Waals surface area contributed by atoms with Gasteiger partial charge in [-0.15, -0.1) is 0 Å². The van der Waals surface area contributed by atoms with E-state index in [1.807, 2.05) is 6.07 Å². The van der Waals surface area contributed by atoms with Crippen molar-refractivity contribution in [3.05, 3.63) is 57.1 Å². The van der Waals surface area contributed by atoms with Gasteiger partial charge in [-0.1, -0.05) is 30.3 Å². The molecular weight excluding hydrogens is 308 g/mol. The van der Waals surface area contributed by atoms with Gasteiger partial charge in [0.1, 0.15) is 5.65 Å². The Morgan fingerprint density at radius 1 is 1.27 bits per heavy atom. The van der Waals surface area contributed by atoms with E-state index in [9.17, 15) is 13.6 Å². The second-order valence-corrected chi connectivity index (χ2v) is 5.17. The molecule has 2 heterocycles. The third-order valence-electron chi connectivity index (χ3n) is 3.41. The highest BCUT2D eigenvalue weighted by Crippen LogP contribution is 2.29. The summed E-state index contributed by atoms with van der Waals surface area (Å²) in [6, 6.07) is 10.2. The molecule has 4 nitrogen and oxygen atoms in total. The van der Waals surface area contributed by atoms with Crippen molar-refractivity contribution in [3.8, 4) is 11.3 Å². The van der Waals surface area contributed by atoms with Gasteiger partial charge in [0.05, 0.1) is 11.1 Å². The van der Waals surface area contributed by atoms with Crippen LogP contribution >= 0.6 is 12.2 Å². The number of nitrogens with one attached hydrogen (secondary N) is 1. The molecule has 3 rings (SSSR count). The van der Waals surface area contributed by atoms with Gasteiger partial charge in [0, 0.05) is 18.2 Å². The van der Waals surface area contributed by atoms with Gasteiger partial charge in [-0.25, -0.2) is 13.8 Å². The lowest BCUT2D eigenvalue weighted by Gasteiger charge is -2.11. The van der Waals surface area contributed by atoms with Crippen LogP contribution in [0.3, 0.4) is 0 Å². The lowest BCUT2D eigenvalue weighted by molar-refractivity contribution is 0.153. The van der Waals surface area contributed by atoms with Gasteiger partial charge in [0.25, 0.3) is 12.0 Å². The van der Waals surface area contributed by atoms with Gasteiger partial charge in [0.15, 0.2) is 4.77 Å². The van der Waals surface area contributed by atoms with E-state index in [4.69, 9.17) is 12.2 Å². The minimum absolute atomic E-state index is 0.134. The predicted molar refractivity (Wildman–Crippen MR) is 82.6 cm³/mol. The fraction of sp³-hybridized carbons (Fsp3) is 0.133. The van der Waals surface area contributed by atoms with Gasteiger partial charge in [0.2, 0.25) is 0 Å². The fourth-order valence-corrected chi connectivity index (χ4v) is 2.47. The van der Waals surface area contributed by atoms with E-state index in [0.717, 1.165) is 0 Å². The molecule has 1 aromatic carbocycles. The highest BCUT2D eigenvalue weighted by molar-refractivity contribution is 7.71. The maximum atomic E-state index is 13.4. The molecule has 22 heavy (non-hydrogen) atoms. The quantitative estimate of drug-likeness (QED) is 0.734. The number of alkyl halides is 2. The van der Waals surface area contributed by atoms with Crippen LogP contribution in [0.1, 0.15) is 12.0 Å². The number of pyridine rings is 1. The number of halogens is 2. The average molecular weight is 319 g/mol. The molecule has 0 aliphatic carbocycles. The minimum atomic E-state index is -2.79. The van der Waals surface area contributed by atoms with Gasteiger partial charge in [-0.05, 0) is 18.3 Å². The summed E-state index contributed by atoms with van der Waals surface area (Å²) in [7, 11) is 1.58. The summed E-state index contributed by atoms with van der Waals surface area (Å²) < 4.78 is 28.3. The van der Waals surface area contributed by atoms with Crippen molar-refractivity contribution < 1.29 is 8.78 Å². The van der Waals surface area contributed by atoms with E-state index in [0.29, 0.717) is 11.3 Å². The first kappa shape index (κ1) is 14.5. The number of hydrogen-bond donors (Lipinski definition) is 1. The summed E-state index contributed by atoms with van der Waals surface area (Å²) in [4.78, 5) is 18.8. The number of benzene rings is 1. The van der Waals surface area contributed by atoms with E-state index in [1.165, 1.54) is 10.6 Å². The molecule has 3 aromatic rings. The monoisotopic (exact) mass is 319 g/mol. The molecule has 0 unspecified atom stereocenters. The molecule has 0 aliphatic rings. The molecule has 0 bridgehead atoms. The molecular formula is C15H11F2N3OS. The standard InChI is InChI=1S/C15H11F2N3OS/c1-20-13-11(14(21)19-15(20)22)9(12(16)17)7-10(18-13)8-5-3-2-4-6-8/h2-7,12H,1H3,(H,19,21,22). The van der Waals surface area contributed by atoms with Crippen LogP contribution in [-0.2, 0) is 7.05 Å². The molecule has 0 spiro atoms. The highest BCUT2D eigenvalue weighted by atomic mass is 32.1. The SMILES string of the molecule is Cn1c(=S)[nH]c(=O)c2c(C(F)F)cc(-c3ccccc3)nc21. The Balaban J connectivity index is 2.47. The Morgan fingerprint density at radius 2 is 1.95 bits per heavy atom. The van der Waals surface area contributed by atoms with Crippen LogP contribution in [0.25, 0.3) is 22.3 Å². The average Bonchev–Trinajstić information content (AvgIpc) is 2.52. The third-order valence-corrected chi connectivity index (χ3v) is 3.78. The van der Waals surface area contributed by atoms with Crippen LogP contribution in [0.2, 0.25) is 0 Å². The molecule has 0 saturated carbocycles. The minimum Gasteiger partial charge on any atom is -0.306 e. The lowest BCUT2D eigenvalue weighted by Crippen LogP contribution is -2.16. The van der Waals surface area contributed by atoms with Crippen LogP contribution in [0.5, 0.6) is 0 Å². The van der Waals surface area contributed by atoms with Crippen LogP contribution in [0.15, 0.2) is 41.2 Å². The summed E-state index contributed by atoms with van der Waals surface area (Å²) in [6.45, 7) is 0. The zero-order valence-corrected chi connectivity index (χ0v) is 12.3. The topological polar surface area (TPSA) is 50.7 Å². The van der Waals surface area contributed by atoms with Crippen molar-refractivity contribution in [2.75, 3.05) is 0 Å². The lowest BCUT2D eigenvalue weighted by atomic mass is 10.1. The highest BCUT2D eigenvalue weighted by Gasteiger charge is 2.19. The molecule has 0 aliphatic heterocycles. The molecule has 0 amide bonds. The van der Waals surface area contributed by atoms with E-state index >= 15 is 0 Å². The second-order valence-electron chi connectivity index (χ2n) is 4.78. The Labute approximate surface area is 129 Å². The normalized spacial score (nSPS) is 11.3. The smallest absolute Gasteiger partial charge is 0.264 e. The maximum Gasteiger partial charge on any atom is 0.264 e. The van der Waals surface area contributed by atoms with E-state index < -0.39 is 12.0 Å². The number of hydrogen-bond acceptors (Lipinski definition) is 3. The van der Waals surface area contributed by atoms with Crippen molar-refractivity contribution in [2.45, 2.75) is 6.43 Å². The van der Waals surface area contributed by atoms with Gasteiger partial charge in [-0.2, -0.15) is 0 Å². The van der Waals surface area contributed by atoms with Crippen molar-refractivity contribution in [1.29, 1.82) is 0 Å². The Hall–Kier alpha value is -2.41. The van der Waals surface area contributed by atoms with Gasteiger partial charge < -0.3 is 4.57 Å². The number of rotatable bonds is 2. The largest absolute Gasteiger partial charge is 0.306 e. The van der Waals surface area contributed by atoms with Crippen LogP contribution in [0.4, 0.5) is 8.78 Å². The summed E-state index contributed by atoms with van der Waals surface area (Å²) >= 11 is 5.02. The Kier molecular flexibility index (Phi) is 3.58. The number of aromatic nitrogens is 3. The number of fused-ring (bicyclic) bond motifs is 1. The zero-order chi connectivity index (χ0) is 15.9. The van der Waals surface area contributed by atoms with Crippen molar-refractivity contribution in [3.63, 3.8) is 0 Å². The summed E-state index contributed by atoms with van der Waals surface area (Å²) in [5.74, 6) is 0. The molecule has 0 fully saturated rings. The molecule has 7 heteroatoms. The van der Waals surface area contributed by atoms with Crippen molar-refractivity contribution in [1.82, 2.24) is 14.5 Å². The molecule has 112 valence electrons. The first-order valence-electron chi connectivity index (χ1n) is 6.46. The Bertz CT molecular complexity index is 964. The fourth-order valence-electron chi connectivity index (χ4n) is 2.29. The van der Waals surface area contributed by atoms with Crippen molar-refractivity contribution >= 4 is 23.3 Å². The summed E-state index contributed by atoms with van der Waals surface area (Å²) in [5.41, 5.74) is 0.207. The van der Waals surface area contributed by atoms with E-state index in [1.54, 1.807) is 31.3 Å². The summed E-state index contributed by atoms with van der Waals surface area (Å²) in [6.07, 6.45) is -2.79. The van der Waals surface area contributed by atoms with Crippen molar-refractivity contribution in [2.24, 2.45) is 7.05 Å². The van der Waals surface area contributed by atoms with Crippen LogP contribution < -0.4 is 5.56 Å². The summed E-state index contributed by atoms with van der Waals surface area (Å²) in [5, 5.41) is -0.134. The number of nitrogens with zero attached hydrogens (tertiary/aromatic N) is 2. The zero-order valence-electron chi connectivity index (χ0n) is 11.5. The number of aryl methyl sites for hydroxylation is 1. The Morgan fingerprint density at radius 3 is 2.59 bits per heavy atom. The maximum absolute atomic E-state index is 13.4. The third kappa shape index (κ3) is 2.33. The van der Waals surface area contributed by atoms with Gasteiger partial charge >= 0.3 is 0 Å². The first-order chi connectivity index (χ1) is 10.5. The molecule has 2 aromatic heterocycles. The van der Waals surface area contributed by atoms with Gasteiger partial charge in [-0.3, -0.25) is 9.78 Å². The predicted octanol–water partition coefficient (Wildman–Crippen LogP) is 3.60. The first-order valence-corrected chi connectivity index (χ1v) is 6.87. The van der Waals surface area contributed by atoms with Crippen LogP contribution in [-0.4, -0.2) is 14.5 Å². The van der Waals surface area contributed by atoms with E-state index in [-0.39, 0.29) is 21.4 Å². The number of H-pyrrole nitrogens is 1. The van der Waals surface area contributed by atoms with E-state index in [2.05, 4.69) is 9.97 Å². The number of aromatic amines is 1. The molecule has 0 saturated heterocycles. The molecule has 1 N–H and O–H groups in total. The van der Waals surface area contributed by atoms with Crippen LogP contribution in [0, 0.1) is 4.77 Å². The molecule has 0 atom stereocenters.